The average Bonchev–Trinajstić information content (AvgIpc) is 2.95. The van der Waals surface area contributed by atoms with Gasteiger partial charge in [-0.3, -0.25) is 0 Å². The SMILES string of the molecule is CCC(NCc1cc(OC)ccc1O)c1nccs1. The van der Waals surface area contributed by atoms with Gasteiger partial charge in [0.25, 0.3) is 0 Å². The van der Waals surface area contributed by atoms with Crippen molar-refractivity contribution in [2.75, 3.05) is 7.11 Å². The van der Waals surface area contributed by atoms with Crippen molar-refractivity contribution >= 4 is 11.3 Å². The van der Waals surface area contributed by atoms with Crippen LogP contribution in [0.4, 0.5) is 0 Å². The summed E-state index contributed by atoms with van der Waals surface area (Å²) in [6, 6.07) is 5.46. The number of phenolic OH excluding ortho intramolecular Hbond substituents is 1. The summed E-state index contributed by atoms with van der Waals surface area (Å²) in [6.07, 6.45) is 2.77. The summed E-state index contributed by atoms with van der Waals surface area (Å²) in [6.45, 7) is 2.70. The summed E-state index contributed by atoms with van der Waals surface area (Å²) in [5.74, 6) is 1.03. The Morgan fingerprint density at radius 3 is 2.95 bits per heavy atom. The molecule has 4 nitrogen and oxygen atoms in total. The molecule has 2 aromatic rings. The average molecular weight is 278 g/mol. The molecule has 1 heterocycles. The van der Waals surface area contributed by atoms with Gasteiger partial charge in [-0.15, -0.1) is 11.3 Å². The van der Waals surface area contributed by atoms with E-state index in [2.05, 4.69) is 17.2 Å². The smallest absolute Gasteiger partial charge is 0.120 e. The number of methoxy groups -OCH3 is 1. The molecule has 19 heavy (non-hydrogen) atoms. The third-order valence-electron chi connectivity index (χ3n) is 2.98. The highest BCUT2D eigenvalue weighted by Gasteiger charge is 2.12. The highest BCUT2D eigenvalue weighted by molar-refractivity contribution is 7.09. The standard InChI is InChI=1S/C14H18N2O2S/c1-3-12(14-15-6-7-19-14)16-9-10-8-11(18-2)4-5-13(10)17/h4-8,12,16-17H,3,9H2,1-2H3. The first-order chi connectivity index (χ1) is 9.24. The van der Waals surface area contributed by atoms with E-state index >= 15 is 0 Å². The van der Waals surface area contributed by atoms with Crippen molar-refractivity contribution in [1.29, 1.82) is 0 Å². The Morgan fingerprint density at radius 1 is 1.47 bits per heavy atom. The first kappa shape index (κ1) is 13.8. The fourth-order valence-corrected chi connectivity index (χ4v) is 2.67. The van der Waals surface area contributed by atoms with E-state index in [0.29, 0.717) is 6.54 Å². The van der Waals surface area contributed by atoms with Crippen LogP contribution in [-0.2, 0) is 6.54 Å². The maximum atomic E-state index is 9.84. The molecule has 1 aromatic heterocycles. The molecule has 0 aliphatic carbocycles. The van der Waals surface area contributed by atoms with E-state index in [0.717, 1.165) is 22.7 Å². The van der Waals surface area contributed by atoms with Gasteiger partial charge < -0.3 is 15.2 Å². The predicted octanol–water partition coefficient (Wildman–Crippen LogP) is 3.10. The van der Waals surface area contributed by atoms with Gasteiger partial charge >= 0.3 is 0 Å². The number of ether oxygens (including phenoxy) is 1. The Kier molecular flexibility index (Phi) is 4.76. The second-order valence-electron chi connectivity index (χ2n) is 4.21. The van der Waals surface area contributed by atoms with Crippen LogP contribution in [-0.4, -0.2) is 17.2 Å². The van der Waals surface area contributed by atoms with Crippen LogP contribution < -0.4 is 10.1 Å². The van der Waals surface area contributed by atoms with Crippen molar-refractivity contribution < 1.29 is 9.84 Å². The van der Waals surface area contributed by atoms with Crippen molar-refractivity contribution in [3.63, 3.8) is 0 Å². The zero-order valence-corrected chi connectivity index (χ0v) is 11.9. The molecule has 0 amide bonds. The number of thiazole rings is 1. The van der Waals surface area contributed by atoms with Crippen LogP contribution in [0.3, 0.4) is 0 Å². The van der Waals surface area contributed by atoms with Crippen LogP contribution in [0.1, 0.15) is 30.0 Å². The molecule has 0 saturated carbocycles. The van der Waals surface area contributed by atoms with Crippen molar-refractivity contribution in [1.82, 2.24) is 10.3 Å². The molecule has 0 fully saturated rings. The minimum atomic E-state index is 0.214. The van der Waals surface area contributed by atoms with E-state index in [4.69, 9.17) is 4.74 Å². The summed E-state index contributed by atoms with van der Waals surface area (Å²) in [7, 11) is 1.62. The van der Waals surface area contributed by atoms with Crippen LogP contribution >= 0.6 is 11.3 Å². The van der Waals surface area contributed by atoms with Gasteiger partial charge in [0.2, 0.25) is 0 Å². The molecule has 0 bridgehead atoms. The van der Waals surface area contributed by atoms with Crippen LogP contribution in [0.25, 0.3) is 0 Å². The van der Waals surface area contributed by atoms with Crippen LogP contribution in [0.15, 0.2) is 29.8 Å². The lowest BCUT2D eigenvalue weighted by atomic mass is 10.1. The van der Waals surface area contributed by atoms with Gasteiger partial charge in [-0.25, -0.2) is 4.98 Å². The van der Waals surface area contributed by atoms with E-state index < -0.39 is 0 Å². The molecule has 2 rings (SSSR count). The number of benzene rings is 1. The third kappa shape index (κ3) is 3.45. The van der Waals surface area contributed by atoms with Crippen molar-refractivity contribution in [2.45, 2.75) is 25.9 Å². The maximum Gasteiger partial charge on any atom is 0.120 e. The lowest BCUT2D eigenvalue weighted by molar-refractivity contribution is 0.409. The van der Waals surface area contributed by atoms with Gasteiger partial charge in [0, 0.05) is 23.7 Å². The molecule has 1 atom stereocenters. The van der Waals surface area contributed by atoms with Gasteiger partial charge in [0.1, 0.15) is 16.5 Å². The van der Waals surface area contributed by atoms with E-state index in [1.165, 1.54) is 0 Å². The number of rotatable bonds is 6. The number of hydrogen-bond acceptors (Lipinski definition) is 5. The minimum Gasteiger partial charge on any atom is -0.508 e. The van der Waals surface area contributed by atoms with E-state index in [1.54, 1.807) is 30.6 Å². The molecular formula is C14H18N2O2S. The molecule has 0 spiro atoms. The zero-order chi connectivity index (χ0) is 13.7. The van der Waals surface area contributed by atoms with Crippen molar-refractivity contribution in [3.8, 4) is 11.5 Å². The van der Waals surface area contributed by atoms with Crippen LogP contribution in [0.5, 0.6) is 11.5 Å². The lowest BCUT2D eigenvalue weighted by Gasteiger charge is -2.15. The van der Waals surface area contributed by atoms with Crippen LogP contribution in [0.2, 0.25) is 0 Å². The van der Waals surface area contributed by atoms with Crippen molar-refractivity contribution in [2.24, 2.45) is 0 Å². The minimum absolute atomic E-state index is 0.214. The second kappa shape index (κ2) is 6.54. The molecule has 0 aliphatic heterocycles. The number of aromatic hydroxyl groups is 1. The molecular weight excluding hydrogens is 260 g/mol. The molecule has 1 unspecified atom stereocenters. The van der Waals surface area contributed by atoms with E-state index in [9.17, 15) is 5.11 Å². The summed E-state index contributed by atoms with van der Waals surface area (Å²) in [4.78, 5) is 4.32. The normalized spacial score (nSPS) is 12.3. The summed E-state index contributed by atoms with van der Waals surface area (Å²) >= 11 is 1.64. The first-order valence-electron chi connectivity index (χ1n) is 6.23. The highest BCUT2D eigenvalue weighted by Crippen LogP contribution is 2.25. The Morgan fingerprint density at radius 2 is 2.32 bits per heavy atom. The first-order valence-corrected chi connectivity index (χ1v) is 7.11. The Labute approximate surface area is 117 Å². The number of hydrogen-bond donors (Lipinski definition) is 2. The second-order valence-corrected chi connectivity index (χ2v) is 5.13. The monoisotopic (exact) mass is 278 g/mol. The summed E-state index contributed by atoms with van der Waals surface area (Å²) in [5.41, 5.74) is 0.828. The van der Waals surface area contributed by atoms with Gasteiger partial charge in [0.05, 0.1) is 13.2 Å². The zero-order valence-electron chi connectivity index (χ0n) is 11.1. The van der Waals surface area contributed by atoms with Gasteiger partial charge in [-0.1, -0.05) is 6.92 Å². The van der Waals surface area contributed by atoms with Crippen LogP contribution in [0, 0.1) is 0 Å². The number of nitrogens with zero attached hydrogens (tertiary/aromatic N) is 1. The predicted molar refractivity (Wildman–Crippen MR) is 76.6 cm³/mol. The molecule has 0 radical (unpaired) electrons. The summed E-state index contributed by atoms with van der Waals surface area (Å²) in [5, 5.41) is 16.3. The van der Waals surface area contributed by atoms with Crippen molar-refractivity contribution in [3.05, 3.63) is 40.3 Å². The lowest BCUT2D eigenvalue weighted by Crippen LogP contribution is -2.20. The fraction of sp³-hybridized carbons (Fsp3) is 0.357. The highest BCUT2D eigenvalue weighted by atomic mass is 32.1. The van der Waals surface area contributed by atoms with E-state index in [1.807, 2.05) is 17.6 Å². The Hall–Kier alpha value is -1.59. The molecule has 0 saturated heterocycles. The van der Waals surface area contributed by atoms with Gasteiger partial charge in [-0.05, 0) is 24.6 Å². The molecule has 1 aromatic carbocycles. The number of nitrogens with one attached hydrogen (secondary N) is 1. The molecule has 0 aliphatic rings. The molecule has 2 N–H and O–H groups in total. The Balaban J connectivity index is 2.05. The topological polar surface area (TPSA) is 54.4 Å². The number of aromatic nitrogens is 1. The molecule has 102 valence electrons. The summed E-state index contributed by atoms with van der Waals surface area (Å²) < 4.78 is 5.17. The number of phenols is 1. The van der Waals surface area contributed by atoms with E-state index in [-0.39, 0.29) is 11.8 Å². The Bertz CT molecular complexity index is 514. The van der Waals surface area contributed by atoms with Gasteiger partial charge in [-0.2, -0.15) is 0 Å². The third-order valence-corrected chi connectivity index (χ3v) is 3.87. The molecule has 5 heteroatoms. The van der Waals surface area contributed by atoms with Gasteiger partial charge in [0.15, 0.2) is 0 Å². The fourth-order valence-electron chi connectivity index (χ4n) is 1.88. The largest absolute Gasteiger partial charge is 0.508 e. The quantitative estimate of drug-likeness (QED) is 0.852. The maximum absolute atomic E-state index is 9.84.